The minimum atomic E-state index is -0.242. The van der Waals surface area contributed by atoms with E-state index in [-0.39, 0.29) is 24.3 Å². The highest BCUT2D eigenvalue weighted by atomic mass is 79.9. The molecule has 4 N–H and O–H groups in total. The summed E-state index contributed by atoms with van der Waals surface area (Å²) in [7, 11) is 0. The van der Waals surface area contributed by atoms with E-state index in [0.29, 0.717) is 12.1 Å². The maximum absolute atomic E-state index is 13.4. The number of rotatable bonds is 5. The van der Waals surface area contributed by atoms with E-state index in [1.165, 1.54) is 6.07 Å². The zero-order valence-electron chi connectivity index (χ0n) is 8.96. The molecule has 0 spiro atoms. The molecule has 1 aromatic carbocycles. The molecule has 0 radical (unpaired) electrons. The zero-order chi connectivity index (χ0) is 11.3. The van der Waals surface area contributed by atoms with E-state index in [4.69, 9.17) is 11.5 Å². The average Bonchev–Trinajstić information content (AvgIpc) is 2.22. The first-order valence-corrected chi connectivity index (χ1v) is 5.85. The Morgan fingerprint density at radius 2 is 2.00 bits per heavy atom. The van der Waals surface area contributed by atoms with Gasteiger partial charge in [-0.1, -0.05) is 22.4 Å². The normalized spacial score (nSPS) is 12.0. The Balaban J connectivity index is 0.00000225. The van der Waals surface area contributed by atoms with Crippen molar-refractivity contribution in [2.24, 2.45) is 11.5 Å². The standard InChI is InChI=1S/C11H16BrFN2.ClH/c12-8-4-5-10(13)9(7-8)11(15)3-1-2-6-14;/h4-5,7,11H,1-3,6,14-15H2;1H/t11-;/m1./s1. The van der Waals surface area contributed by atoms with Crippen LogP contribution in [0.4, 0.5) is 4.39 Å². The second-order valence-corrected chi connectivity index (χ2v) is 4.47. The summed E-state index contributed by atoms with van der Waals surface area (Å²) in [6, 6.07) is 4.60. The SMILES string of the molecule is Cl.NCCCC[C@@H](N)c1cc(Br)ccc1F. The van der Waals surface area contributed by atoms with Crippen LogP contribution in [-0.2, 0) is 0 Å². The monoisotopic (exact) mass is 310 g/mol. The molecule has 2 nitrogen and oxygen atoms in total. The van der Waals surface area contributed by atoms with Gasteiger partial charge in [0.15, 0.2) is 0 Å². The van der Waals surface area contributed by atoms with Crippen LogP contribution in [0.2, 0.25) is 0 Å². The third kappa shape index (κ3) is 4.78. The van der Waals surface area contributed by atoms with E-state index in [2.05, 4.69) is 15.9 Å². The summed E-state index contributed by atoms with van der Waals surface area (Å²) in [4.78, 5) is 0. The van der Waals surface area contributed by atoms with Crippen LogP contribution in [0, 0.1) is 5.82 Å². The van der Waals surface area contributed by atoms with E-state index in [0.717, 1.165) is 23.7 Å². The van der Waals surface area contributed by atoms with Gasteiger partial charge in [-0.3, -0.25) is 0 Å². The van der Waals surface area contributed by atoms with Gasteiger partial charge in [-0.15, -0.1) is 12.4 Å². The molecule has 1 rings (SSSR count). The van der Waals surface area contributed by atoms with Crippen LogP contribution in [0.3, 0.4) is 0 Å². The molecule has 0 fully saturated rings. The molecule has 1 atom stereocenters. The fourth-order valence-electron chi connectivity index (χ4n) is 1.46. The zero-order valence-corrected chi connectivity index (χ0v) is 11.4. The lowest BCUT2D eigenvalue weighted by molar-refractivity contribution is 0.542. The Labute approximate surface area is 110 Å². The molecule has 0 heterocycles. The Morgan fingerprint density at radius 3 is 2.62 bits per heavy atom. The summed E-state index contributed by atoms with van der Waals surface area (Å²) in [6.07, 6.45) is 2.64. The highest BCUT2D eigenvalue weighted by Gasteiger charge is 2.11. The molecule has 0 aliphatic rings. The van der Waals surface area contributed by atoms with Crippen LogP contribution < -0.4 is 11.5 Å². The van der Waals surface area contributed by atoms with Gasteiger partial charge in [0.1, 0.15) is 5.82 Å². The Bertz CT molecular complexity index is 323. The summed E-state index contributed by atoms with van der Waals surface area (Å²) in [5.41, 5.74) is 11.9. The van der Waals surface area contributed by atoms with Crippen LogP contribution in [0.15, 0.2) is 22.7 Å². The molecular weight excluding hydrogens is 294 g/mol. The van der Waals surface area contributed by atoms with Crippen LogP contribution in [0.1, 0.15) is 30.9 Å². The topological polar surface area (TPSA) is 52.0 Å². The second-order valence-electron chi connectivity index (χ2n) is 3.56. The first-order chi connectivity index (χ1) is 7.15. The van der Waals surface area contributed by atoms with Gasteiger partial charge >= 0.3 is 0 Å². The van der Waals surface area contributed by atoms with Crippen molar-refractivity contribution >= 4 is 28.3 Å². The molecule has 5 heteroatoms. The fourth-order valence-corrected chi connectivity index (χ4v) is 1.84. The lowest BCUT2D eigenvalue weighted by Gasteiger charge is -2.12. The summed E-state index contributed by atoms with van der Waals surface area (Å²) >= 11 is 3.30. The van der Waals surface area contributed by atoms with Gasteiger partial charge in [-0.2, -0.15) is 0 Å². The van der Waals surface area contributed by atoms with Gasteiger partial charge in [0, 0.05) is 16.1 Å². The highest BCUT2D eigenvalue weighted by Crippen LogP contribution is 2.23. The summed E-state index contributed by atoms with van der Waals surface area (Å²) < 4.78 is 14.3. The van der Waals surface area contributed by atoms with Crippen molar-refractivity contribution in [3.63, 3.8) is 0 Å². The van der Waals surface area contributed by atoms with Gasteiger partial charge in [0.05, 0.1) is 0 Å². The third-order valence-corrected chi connectivity index (χ3v) is 2.82. The molecule has 1 aromatic rings. The predicted molar refractivity (Wildman–Crippen MR) is 71.2 cm³/mol. The highest BCUT2D eigenvalue weighted by molar-refractivity contribution is 9.10. The van der Waals surface area contributed by atoms with E-state index >= 15 is 0 Å². The molecule has 0 bridgehead atoms. The van der Waals surface area contributed by atoms with Crippen molar-refractivity contribution in [1.29, 1.82) is 0 Å². The lowest BCUT2D eigenvalue weighted by atomic mass is 10.0. The average molecular weight is 312 g/mol. The van der Waals surface area contributed by atoms with Crippen molar-refractivity contribution in [2.75, 3.05) is 6.54 Å². The molecule has 0 saturated carbocycles. The summed E-state index contributed by atoms with van der Waals surface area (Å²) in [5, 5.41) is 0. The molecule has 0 aliphatic heterocycles. The minimum absolute atomic E-state index is 0. The largest absolute Gasteiger partial charge is 0.330 e. The lowest BCUT2D eigenvalue weighted by Crippen LogP contribution is -2.12. The summed E-state index contributed by atoms with van der Waals surface area (Å²) in [5.74, 6) is -0.238. The first kappa shape index (κ1) is 15.8. The van der Waals surface area contributed by atoms with E-state index in [1.54, 1.807) is 12.1 Å². The van der Waals surface area contributed by atoms with Crippen LogP contribution >= 0.6 is 28.3 Å². The van der Waals surface area contributed by atoms with E-state index in [9.17, 15) is 4.39 Å². The first-order valence-electron chi connectivity index (χ1n) is 5.05. The minimum Gasteiger partial charge on any atom is -0.330 e. The van der Waals surface area contributed by atoms with Crippen molar-refractivity contribution < 1.29 is 4.39 Å². The molecule has 16 heavy (non-hydrogen) atoms. The number of halogens is 3. The van der Waals surface area contributed by atoms with Crippen molar-refractivity contribution in [3.05, 3.63) is 34.1 Å². The molecular formula is C11H17BrClFN2. The molecule has 0 saturated heterocycles. The predicted octanol–water partition coefficient (Wildman–Crippen LogP) is 3.14. The summed E-state index contributed by atoms with van der Waals surface area (Å²) in [6.45, 7) is 0.660. The van der Waals surface area contributed by atoms with Crippen molar-refractivity contribution in [3.8, 4) is 0 Å². The number of hydrogen-bond acceptors (Lipinski definition) is 2. The van der Waals surface area contributed by atoms with E-state index < -0.39 is 0 Å². The number of hydrogen-bond donors (Lipinski definition) is 2. The maximum Gasteiger partial charge on any atom is 0.128 e. The number of benzene rings is 1. The second kappa shape index (κ2) is 8.01. The Morgan fingerprint density at radius 1 is 1.31 bits per heavy atom. The van der Waals surface area contributed by atoms with Gasteiger partial charge in [0.25, 0.3) is 0 Å². The van der Waals surface area contributed by atoms with Crippen molar-refractivity contribution in [2.45, 2.75) is 25.3 Å². The van der Waals surface area contributed by atoms with Gasteiger partial charge in [0.2, 0.25) is 0 Å². The molecule has 0 aromatic heterocycles. The Hall–Kier alpha value is -0.160. The Kier molecular flexibility index (Phi) is 7.93. The molecule has 0 unspecified atom stereocenters. The fraction of sp³-hybridized carbons (Fsp3) is 0.455. The molecule has 0 amide bonds. The van der Waals surface area contributed by atoms with Crippen LogP contribution in [-0.4, -0.2) is 6.54 Å². The quantitative estimate of drug-likeness (QED) is 0.821. The molecule has 0 aliphatic carbocycles. The molecule has 92 valence electrons. The van der Waals surface area contributed by atoms with Crippen LogP contribution in [0.25, 0.3) is 0 Å². The van der Waals surface area contributed by atoms with Gasteiger partial charge in [-0.25, -0.2) is 4.39 Å². The van der Waals surface area contributed by atoms with Crippen molar-refractivity contribution in [1.82, 2.24) is 0 Å². The van der Waals surface area contributed by atoms with Gasteiger partial charge < -0.3 is 11.5 Å². The number of unbranched alkanes of at least 4 members (excludes halogenated alkanes) is 1. The van der Waals surface area contributed by atoms with E-state index in [1.807, 2.05) is 0 Å². The number of nitrogens with two attached hydrogens (primary N) is 2. The smallest absolute Gasteiger partial charge is 0.128 e. The van der Waals surface area contributed by atoms with Crippen LogP contribution in [0.5, 0.6) is 0 Å². The maximum atomic E-state index is 13.4. The third-order valence-electron chi connectivity index (χ3n) is 2.33. The van der Waals surface area contributed by atoms with Gasteiger partial charge in [-0.05, 0) is 37.6 Å².